The molecule has 4 rings (SSSR count). The van der Waals surface area contributed by atoms with Crippen molar-refractivity contribution in [1.29, 1.82) is 0 Å². The van der Waals surface area contributed by atoms with Gasteiger partial charge in [-0.25, -0.2) is 9.18 Å². The number of carbonyl (C=O) groups is 2. The number of ether oxygens (including phenoxy) is 3. The van der Waals surface area contributed by atoms with E-state index in [0.29, 0.717) is 28.1 Å². The Kier molecular flexibility index (Phi) is 7.25. The van der Waals surface area contributed by atoms with Gasteiger partial charge in [0.05, 0.1) is 38.6 Å². The number of fused-ring (bicyclic) bond motifs is 1. The first-order valence-electron chi connectivity index (χ1n) is 10.6. The molecule has 0 radical (unpaired) electrons. The number of aromatic nitrogens is 2. The van der Waals surface area contributed by atoms with E-state index < -0.39 is 17.6 Å². The van der Waals surface area contributed by atoms with E-state index >= 15 is 0 Å². The van der Waals surface area contributed by atoms with Crippen LogP contribution in [0.4, 0.5) is 4.39 Å². The third-order valence-electron chi connectivity index (χ3n) is 5.58. The van der Waals surface area contributed by atoms with E-state index in [1.165, 1.54) is 45.6 Å². The molecule has 0 aliphatic carbocycles. The molecule has 1 heterocycles. The van der Waals surface area contributed by atoms with Crippen LogP contribution >= 0.6 is 11.7 Å². The number of carboxylic acid groups (broad SMARTS) is 1. The van der Waals surface area contributed by atoms with E-state index in [0.717, 1.165) is 11.7 Å². The van der Waals surface area contributed by atoms with Crippen LogP contribution in [0.1, 0.15) is 21.5 Å². The highest BCUT2D eigenvalue weighted by atomic mass is 32.1. The lowest BCUT2D eigenvalue weighted by Gasteiger charge is -2.15. The van der Waals surface area contributed by atoms with Crippen LogP contribution < -0.4 is 14.2 Å². The predicted molar refractivity (Wildman–Crippen MR) is 133 cm³/mol. The Morgan fingerprint density at radius 3 is 2.17 bits per heavy atom. The highest BCUT2D eigenvalue weighted by Crippen LogP contribution is 2.32. The second-order valence-electron chi connectivity index (χ2n) is 7.67. The molecule has 4 aromatic rings. The van der Waals surface area contributed by atoms with Gasteiger partial charge in [0, 0.05) is 17.6 Å². The zero-order valence-corrected chi connectivity index (χ0v) is 20.4. The maximum absolute atomic E-state index is 14.4. The van der Waals surface area contributed by atoms with E-state index in [9.17, 15) is 19.1 Å². The standard InChI is InChI=1S/C26H21FN2O6S/c1-33-21-8-4-14(11-18(21)27)10-17(25(30)16-6-9-22(34-2)23(13-16)35-3)24(26(31)32)15-5-7-19-20(12-15)29-36-28-19/h4-9,11-13H,10H2,1-3H3,(H,31,32)/b24-17+. The SMILES string of the molecule is COc1ccc(C/C(C(=O)c2ccc(OC)c(OC)c2)=C(\C(=O)O)c2ccc3nsnc3c2)cc1F. The number of carboxylic acids is 1. The Morgan fingerprint density at radius 1 is 0.833 bits per heavy atom. The summed E-state index contributed by atoms with van der Waals surface area (Å²) in [6.45, 7) is 0. The molecule has 0 atom stereocenters. The second kappa shape index (κ2) is 10.5. The molecule has 0 saturated heterocycles. The van der Waals surface area contributed by atoms with Crippen molar-refractivity contribution in [3.63, 3.8) is 0 Å². The lowest BCUT2D eigenvalue weighted by molar-refractivity contribution is -0.130. The summed E-state index contributed by atoms with van der Waals surface area (Å²) in [4.78, 5) is 26.3. The Hall–Kier alpha value is -4.31. The summed E-state index contributed by atoms with van der Waals surface area (Å²) in [7, 11) is 4.24. The molecule has 8 nitrogen and oxygen atoms in total. The number of hydrogen-bond donors (Lipinski definition) is 1. The van der Waals surface area contributed by atoms with Gasteiger partial charge in [0.2, 0.25) is 0 Å². The van der Waals surface area contributed by atoms with Crippen LogP contribution in [0.15, 0.2) is 60.2 Å². The molecule has 3 aromatic carbocycles. The van der Waals surface area contributed by atoms with Gasteiger partial charge in [-0.15, -0.1) is 0 Å². The van der Waals surface area contributed by atoms with Crippen molar-refractivity contribution in [3.05, 3.63) is 82.7 Å². The van der Waals surface area contributed by atoms with Crippen molar-refractivity contribution in [1.82, 2.24) is 8.75 Å². The Balaban J connectivity index is 1.91. The van der Waals surface area contributed by atoms with Crippen LogP contribution in [0.25, 0.3) is 16.6 Å². The number of rotatable bonds is 9. The van der Waals surface area contributed by atoms with Gasteiger partial charge in [0.25, 0.3) is 0 Å². The quantitative estimate of drug-likeness (QED) is 0.253. The number of benzene rings is 3. The molecule has 0 aliphatic heterocycles. The molecule has 36 heavy (non-hydrogen) atoms. The molecule has 1 N–H and O–H groups in total. The molecule has 0 fully saturated rings. The van der Waals surface area contributed by atoms with Crippen LogP contribution in [0, 0.1) is 5.82 Å². The number of hydrogen-bond acceptors (Lipinski definition) is 8. The van der Waals surface area contributed by atoms with Crippen molar-refractivity contribution >= 4 is 40.1 Å². The van der Waals surface area contributed by atoms with Gasteiger partial charge in [0.1, 0.15) is 11.0 Å². The molecule has 0 amide bonds. The molecular weight excluding hydrogens is 487 g/mol. The minimum atomic E-state index is -1.31. The number of ketones is 1. The summed E-state index contributed by atoms with van der Waals surface area (Å²) in [6.07, 6.45) is -0.150. The number of methoxy groups -OCH3 is 3. The molecule has 0 aliphatic rings. The first kappa shape index (κ1) is 24.8. The van der Waals surface area contributed by atoms with Gasteiger partial charge in [-0.05, 0) is 53.6 Å². The highest BCUT2D eigenvalue weighted by Gasteiger charge is 2.25. The number of allylic oxidation sites excluding steroid dienone is 1. The fraction of sp³-hybridized carbons (Fsp3) is 0.154. The lowest BCUT2D eigenvalue weighted by atomic mass is 9.89. The van der Waals surface area contributed by atoms with E-state index in [2.05, 4.69) is 8.75 Å². The topological polar surface area (TPSA) is 108 Å². The fourth-order valence-corrected chi connectivity index (χ4v) is 4.34. The van der Waals surface area contributed by atoms with E-state index in [1.807, 2.05) is 0 Å². The number of Topliss-reactive ketones (excluding diaryl/α,β-unsaturated/α-hetero) is 1. The molecule has 0 spiro atoms. The Morgan fingerprint density at radius 2 is 1.50 bits per heavy atom. The molecule has 0 bridgehead atoms. The third-order valence-corrected chi connectivity index (χ3v) is 6.13. The minimum Gasteiger partial charge on any atom is -0.494 e. The summed E-state index contributed by atoms with van der Waals surface area (Å²) >= 11 is 0.999. The van der Waals surface area contributed by atoms with Crippen LogP contribution in [-0.4, -0.2) is 46.9 Å². The summed E-state index contributed by atoms with van der Waals surface area (Å²) in [5.74, 6) is -1.73. The normalized spacial score (nSPS) is 11.7. The number of aliphatic carboxylic acids is 1. The van der Waals surface area contributed by atoms with Gasteiger partial charge >= 0.3 is 5.97 Å². The number of halogens is 1. The molecule has 184 valence electrons. The van der Waals surface area contributed by atoms with Crippen LogP contribution in [0.2, 0.25) is 0 Å². The van der Waals surface area contributed by atoms with Crippen molar-refractivity contribution < 1.29 is 33.3 Å². The zero-order valence-electron chi connectivity index (χ0n) is 19.6. The van der Waals surface area contributed by atoms with Crippen molar-refractivity contribution in [3.8, 4) is 17.2 Å². The zero-order chi connectivity index (χ0) is 25.8. The maximum Gasteiger partial charge on any atom is 0.336 e. The average Bonchev–Trinajstić information content (AvgIpc) is 3.35. The van der Waals surface area contributed by atoms with Gasteiger partial charge < -0.3 is 19.3 Å². The van der Waals surface area contributed by atoms with Crippen molar-refractivity contribution in [2.45, 2.75) is 6.42 Å². The smallest absolute Gasteiger partial charge is 0.336 e. The van der Waals surface area contributed by atoms with Gasteiger partial charge in [-0.2, -0.15) is 8.75 Å². The average molecular weight is 509 g/mol. The summed E-state index contributed by atoms with van der Waals surface area (Å²) in [5, 5.41) is 10.2. The third kappa shape index (κ3) is 4.89. The van der Waals surface area contributed by atoms with Crippen molar-refractivity contribution in [2.24, 2.45) is 0 Å². The molecule has 0 unspecified atom stereocenters. The van der Waals surface area contributed by atoms with Crippen LogP contribution in [-0.2, 0) is 11.2 Å². The molecular formula is C26H21FN2O6S. The van der Waals surface area contributed by atoms with Gasteiger partial charge in [-0.3, -0.25) is 4.79 Å². The monoisotopic (exact) mass is 508 g/mol. The van der Waals surface area contributed by atoms with E-state index in [4.69, 9.17) is 14.2 Å². The largest absolute Gasteiger partial charge is 0.494 e. The Bertz CT molecular complexity index is 1500. The van der Waals surface area contributed by atoms with E-state index in [-0.39, 0.29) is 34.4 Å². The van der Waals surface area contributed by atoms with E-state index in [1.54, 1.807) is 30.3 Å². The van der Waals surface area contributed by atoms with Gasteiger partial charge in [-0.1, -0.05) is 12.1 Å². The second-order valence-corrected chi connectivity index (χ2v) is 8.20. The summed E-state index contributed by atoms with van der Waals surface area (Å²) in [5.41, 5.74) is 1.71. The minimum absolute atomic E-state index is 0.0374. The summed E-state index contributed by atoms with van der Waals surface area (Å²) in [6, 6.07) is 13.6. The molecule has 1 aromatic heterocycles. The molecule has 10 heteroatoms. The fourth-order valence-electron chi connectivity index (χ4n) is 3.82. The number of carbonyl (C=O) groups excluding carboxylic acids is 1. The maximum atomic E-state index is 14.4. The first-order chi connectivity index (χ1) is 17.4. The summed E-state index contributed by atoms with van der Waals surface area (Å²) < 4.78 is 38.3. The number of nitrogens with zero attached hydrogens (tertiary/aromatic N) is 2. The van der Waals surface area contributed by atoms with Crippen LogP contribution in [0.3, 0.4) is 0 Å². The Labute approximate surface area is 209 Å². The van der Waals surface area contributed by atoms with Crippen molar-refractivity contribution in [2.75, 3.05) is 21.3 Å². The predicted octanol–water partition coefficient (Wildman–Crippen LogP) is 4.82. The van der Waals surface area contributed by atoms with Crippen LogP contribution in [0.5, 0.6) is 17.2 Å². The highest BCUT2D eigenvalue weighted by molar-refractivity contribution is 7.00. The van der Waals surface area contributed by atoms with Gasteiger partial charge in [0.15, 0.2) is 28.8 Å². The lowest BCUT2D eigenvalue weighted by Crippen LogP contribution is -2.14. The molecule has 0 saturated carbocycles. The first-order valence-corrected chi connectivity index (χ1v) is 11.4.